The summed E-state index contributed by atoms with van der Waals surface area (Å²) in [5.41, 5.74) is 3.28. The Balaban J connectivity index is 1.66. The molecule has 7 heteroatoms. The van der Waals surface area contributed by atoms with Crippen LogP contribution in [0.4, 0.5) is 5.69 Å². The summed E-state index contributed by atoms with van der Waals surface area (Å²) in [7, 11) is 0. The van der Waals surface area contributed by atoms with E-state index in [0.717, 1.165) is 16.8 Å². The van der Waals surface area contributed by atoms with E-state index in [4.69, 9.17) is 0 Å². The van der Waals surface area contributed by atoms with Crippen LogP contribution in [-0.4, -0.2) is 47.5 Å². The lowest BCUT2D eigenvalue weighted by atomic mass is 9.99. The van der Waals surface area contributed by atoms with E-state index >= 15 is 0 Å². The van der Waals surface area contributed by atoms with Gasteiger partial charge in [0.05, 0.1) is 13.1 Å². The predicted octanol–water partition coefficient (Wildman–Crippen LogP) is 1.51. The van der Waals surface area contributed by atoms with Crippen LogP contribution >= 0.6 is 0 Å². The maximum atomic E-state index is 13.0. The first-order chi connectivity index (χ1) is 13.3. The van der Waals surface area contributed by atoms with Crippen LogP contribution in [0.3, 0.4) is 0 Å². The van der Waals surface area contributed by atoms with Crippen LogP contribution in [0.25, 0.3) is 6.08 Å². The molecule has 0 spiro atoms. The molecule has 1 N–H and O–H groups in total. The van der Waals surface area contributed by atoms with Crippen molar-refractivity contribution in [3.8, 4) is 0 Å². The van der Waals surface area contributed by atoms with E-state index in [0.29, 0.717) is 37.5 Å². The fraction of sp³-hybridized carbons (Fsp3) is 0.429. The summed E-state index contributed by atoms with van der Waals surface area (Å²) in [6, 6.07) is 3.20. The van der Waals surface area contributed by atoms with Crippen molar-refractivity contribution in [2.75, 3.05) is 18.0 Å². The first-order valence-corrected chi connectivity index (χ1v) is 9.60. The van der Waals surface area contributed by atoms with Gasteiger partial charge in [-0.05, 0) is 35.6 Å². The molecule has 7 nitrogen and oxygen atoms in total. The normalized spacial score (nSPS) is 22.2. The smallest absolute Gasteiger partial charge is 0.255 e. The summed E-state index contributed by atoms with van der Waals surface area (Å²) in [6.07, 6.45) is 4.63. The minimum atomic E-state index is -0.624. The molecule has 3 amide bonds. The lowest BCUT2D eigenvalue weighted by Crippen LogP contribution is -2.52. The highest BCUT2D eigenvalue weighted by molar-refractivity contribution is 6.06. The number of allylic oxidation sites excluding steroid dienone is 1. The third-order valence-corrected chi connectivity index (χ3v) is 5.41. The van der Waals surface area contributed by atoms with Crippen molar-refractivity contribution in [1.29, 1.82) is 0 Å². The third kappa shape index (κ3) is 3.21. The van der Waals surface area contributed by atoms with Crippen LogP contribution in [-0.2, 0) is 20.9 Å². The lowest BCUT2D eigenvalue weighted by molar-refractivity contribution is -0.137. The molecule has 1 atom stereocenters. The first-order valence-electron chi connectivity index (χ1n) is 9.60. The van der Waals surface area contributed by atoms with Gasteiger partial charge in [-0.15, -0.1) is 0 Å². The highest BCUT2D eigenvalue weighted by Gasteiger charge is 2.40. The highest BCUT2D eigenvalue weighted by Crippen LogP contribution is 2.35. The van der Waals surface area contributed by atoms with Crippen molar-refractivity contribution in [3.05, 3.63) is 34.9 Å². The number of piperidine rings is 1. The van der Waals surface area contributed by atoms with E-state index in [1.807, 2.05) is 23.1 Å². The van der Waals surface area contributed by atoms with Crippen molar-refractivity contribution < 1.29 is 19.2 Å². The van der Waals surface area contributed by atoms with E-state index in [9.17, 15) is 19.2 Å². The number of imide groups is 1. The van der Waals surface area contributed by atoms with Gasteiger partial charge in [0.2, 0.25) is 11.8 Å². The van der Waals surface area contributed by atoms with E-state index in [-0.39, 0.29) is 24.0 Å². The molecule has 2 fully saturated rings. The number of nitrogens with one attached hydrogen (secondary N) is 1. The first kappa shape index (κ1) is 18.4. The summed E-state index contributed by atoms with van der Waals surface area (Å²) < 4.78 is 0. The fourth-order valence-electron chi connectivity index (χ4n) is 3.87. The molecule has 0 radical (unpaired) electrons. The molecule has 0 aliphatic carbocycles. The van der Waals surface area contributed by atoms with E-state index in [1.165, 1.54) is 0 Å². The standard InChI is InChI=1S/C21H23N3O4/c1-12(2)3-4-13-7-16-14(8-18(13)23-10-15(25)11-23)9-24(21(16)28)17-5-6-19(26)22-20(17)27/h3-4,7-8,12,17H,5-6,9-11H2,1-2H3,(H,22,26,27)/b4-3+. The number of Topliss-reactive ketones (excluding diaryl/α,β-unsaturated/α-hetero) is 1. The molecule has 28 heavy (non-hydrogen) atoms. The van der Waals surface area contributed by atoms with Crippen molar-refractivity contribution in [1.82, 2.24) is 10.2 Å². The molecule has 2 saturated heterocycles. The Morgan fingerprint density at radius 2 is 1.86 bits per heavy atom. The molecule has 0 bridgehead atoms. The van der Waals surface area contributed by atoms with Crippen molar-refractivity contribution in [3.63, 3.8) is 0 Å². The lowest BCUT2D eigenvalue weighted by Gasteiger charge is -2.33. The summed E-state index contributed by atoms with van der Waals surface area (Å²) in [5, 5.41) is 2.32. The Labute approximate surface area is 163 Å². The van der Waals surface area contributed by atoms with Gasteiger partial charge in [0.15, 0.2) is 5.78 Å². The van der Waals surface area contributed by atoms with Crippen molar-refractivity contribution in [2.45, 2.75) is 39.3 Å². The third-order valence-electron chi connectivity index (χ3n) is 5.41. The quantitative estimate of drug-likeness (QED) is 0.799. The Kier molecular flexibility index (Phi) is 4.53. The summed E-state index contributed by atoms with van der Waals surface area (Å²) in [5.74, 6) is -0.340. The molecule has 3 aliphatic heterocycles. The van der Waals surface area contributed by atoms with Crippen molar-refractivity contribution >= 4 is 35.3 Å². The number of carbonyl (C=O) groups excluding carboxylic acids is 4. The Morgan fingerprint density at radius 1 is 1.11 bits per heavy atom. The van der Waals surface area contributed by atoms with Gasteiger partial charge in [0.1, 0.15) is 6.04 Å². The largest absolute Gasteiger partial charge is 0.356 e. The zero-order valence-corrected chi connectivity index (χ0v) is 16.0. The topological polar surface area (TPSA) is 86.8 Å². The molecule has 1 unspecified atom stereocenters. The second kappa shape index (κ2) is 6.89. The summed E-state index contributed by atoms with van der Waals surface area (Å²) in [4.78, 5) is 51.7. The Hall–Kier alpha value is -2.96. The molecule has 3 heterocycles. The molecule has 0 aromatic heterocycles. The number of hydrogen-bond acceptors (Lipinski definition) is 5. The van der Waals surface area contributed by atoms with E-state index < -0.39 is 11.9 Å². The van der Waals surface area contributed by atoms with Gasteiger partial charge < -0.3 is 9.80 Å². The van der Waals surface area contributed by atoms with Gasteiger partial charge in [-0.2, -0.15) is 0 Å². The maximum Gasteiger partial charge on any atom is 0.255 e. The number of carbonyl (C=O) groups is 4. The van der Waals surface area contributed by atoms with Crippen LogP contribution < -0.4 is 10.2 Å². The van der Waals surface area contributed by atoms with Crippen LogP contribution in [0.2, 0.25) is 0 Å². The Bertz CT molecular complexity index is 910. The number of hydrogen-bond donors (Lipinski definition) is 1. The summed E-state index contributed by atoms with van der Waals surface area (Å²) >= 11 is 0. The molecule has 4 rings (SSSR count). The van der Waals surface area contributed by atoms with Gasteiger partial charge in [-0.3, -0.25) is 24.5 Å². The van der Waals surface area contributed by atoms with E-state index in [2.05, 4.69) is 25.2 Å². The van der Waals surface area contributed by atoms with Gasteiger partial charge in [-0.25, -0.2) is 0 Å². The molecule has 146 valence electrons. The number of rotatable bonds is 4. The molecular weight excluding hydrogens is 358 g/mol. The molecule has 0 saturated carbocycles. The van der Waals surface area contributed by atoms with Crippen LogP contribution in [0.1, 0.15) is 48.2 Å². The zero-order valence-electron chi connectivity index (χ0n) is 16.0. The monoisotopic (exact) mass is 381 g/mol. The average Bonchev–Trinajstić information content (AvgIpc) is 2.92. The minimum absolute atomic E-state index is 0.185. The number of anilines is 1. The predicted molar refractivity (Wildman–Crippen MR) is 104 cm³/mol. The second-order valence-corrected chi connectivity index (χ2v) is 7.97. The molecule has 1 aromatic rings. The van der Waals surface area contributed by atoms with Crippen molar-refractivity contribution in [2.24, 2.45) is 5.92 Å². The molecular formula is C21H23N3O4. The average molecular weight is 381 g/mol. The molecule has 3 aliphatic rings. The van der Waals surface area contributed by atoms with E-state index in [1.54, 1.807) is 4.90 Å². The highest BCUT2D eigenvalue weighted by atomic mass is 16.2. The Morgan fingerprint density at radius 3 is 2.50 bits per heavy atom. The summed E-state index contributed by atoms with van der Waals surface area (Å²) in [6.45, 7) is 5.25. The second-order valence-electron chi connectivity index (χ2n) is 7.97. The zero-order chi connectivity index (χ0) is 20.0. The van der Waals surface area contributed by atoms with Crippen LogP contribution in [0.5, 0.6) is 0 Å². The van der Waals surface area contributed by atoms with Gasteiger partial charge >= 0.3 is 0 Å². The minimum Gasteiger partial charge on any atom is -0.356 e. The number of ketones is 1. The van der Waals surface area contributed by atoms with Gasteiger partial charge in [-0.1, -0.05) is 26.0 Å². The molecule has 1 aromatic carbocycles. The number of amides is 3. The van der Waals surface area contributed by atoms with Gasteiger partial charge in [0.25, 0.3) is 5.91 Å². The van der Waals surface area contributed by atoms with Crippen LogP contribution in [0.15, 0.2) is 18.2 Å². The fourth-order valence-corrected chi connectivity index (χ4v) is 3.87. The van der Waals surface area contributed by atoms with Crippen LogP contribution in [0, 0.1) is 5.92 Å². The maximum absolute atomic E-state index is 13.0. The SMILES string of the molecule is CC(C)/C=C/c1cc2c(cc1N1CC(=O)C1)CN(C1CCC(=O)NC1=O)C2=O. The number of nitrogens with zero attached hydrogens (tertiary/aromatic N) is 2. The van der Waals surface area contributed by atoms with Gasteiger partial charge in [0, 0.05) is 24.2 Å². The number of fused-ring (bicyclic) bond motifs is 1. The number of benzene rings is 1.